The fourth-order valence-electron chi connectivity index (χ4n) is 1.68. The first-order valence-electron chi connectivity index (χ1n) is 6.45. The SMILES string of the molecule is CCCNC(C)CCCCS(=O)(=O)CCC. The molecule has 0 heterocycles. The molecule has 0 aliphatic rings. The smallest absolute Gasteiger partial charge is 0.150 e. The minimum atomic E-state index is -2.77. The normalized spacial score (nSPS) is 13.9. The number of unbranched alkanes of at least 4 members (excludes halogenated alkanes) is 1. The minimum Gasteiger partial charge on any atom is -0.314 e. The van der Waals surface area contributed by atoms with Crippen molar-refractivity contribution in [2.45, 2.75) is 58.9 Å². The first-order valence-corrected chi connectivity index (χ1v) is 8.27. The van der Waals surface area contributed by atoms with E-state index in [9.17, 15) is 8.42 Å². The number of hydrogen-bond donors (Lipinski definition) is 1. The fourth-order valence-corrected chi connectivity index (χ4v) is 3.15. The van der Waals surface area contributed by atoms with E-state index < -0.39 is 9.84 Å². The molecule has 0 rings (SSSR count). The van der Waals surface area contributed by atoms with Gasteiger partial charge in [0.05, 0.1) is 5.75 Å². The quantitative estimate of drug-likeness (QED) is 0.605. The maximum absolute atomic E-state index is 11.4. The molecule has 98 valence electrons. The van der Waals surface area contributed by atoms with Crippen LogP contribution in [0.25, 0.3) is 0 Å². The molecule has 0 aromatic rings. The molecule has 1 unspecified atom stereocenters. The van der Waals surface area contributed by atoms with E-state index >= 15 is 0 Å². The Morgan fingerprint density at radius 2 is 1.75 bits per heavy atom. The second-order valence-electron chi connectivity index (χ2n) is 4.50. The summed E-state index contributed by atoms with van der Waals surface area (Å²) in [6.45, 7) is 7.27. The topological polar surface area (TPSA) is 46.2 Å². The maximum Gasteiger partial charge on any atom is 0.150 e. The molecule has 0 saturated heterocycles. The number of rotatable bonds is 10. The lowest BCUT2D eigenvalue weighted by Crippen LogP contribution is -2.26. The summed E-state index contributed by atoms with van der Waals surface area (Å²) in [6.07, 6.45) is 4.76. The van der Waals surface area contributed by atoms with Gasteiger partial charge in [0.1, 0.15) is 9.84 Å². The predicted molar refractivity (Wildman–Crippen MR) is 70.6 cm³/mol. The van der Waals surface area contributed by atoms with E-state index in [1.165, 1.54) is 0 Å². The Morgan fingerprint density at radius 1 is 1.06 bits per heavy atom. The monoisotopic (exact) mass is 249 g/mol. The molecule has 0 amide bonds. The number of hydrogen-bond acceptors (Lipinski definition) is 3. The predicted octanol–water partition coefficient (Wildman–Crippen LogP) is 2.37. The number of sulfone groups is 1. The van der Waals surface area contributed by atoms with Gasteiger partial charge < -0.3 is 5.32 Å². The highest BCUT2D eigenvalue weighted by atomic mass is 32.2. The third-order valence-electron chi connectivity index (χ3n) is 2.60. The third-order valence-corrected chi connectivity index (χ3v) is 4.54. The second-order valence-corrected chi connectivity index (χ2v) is 6.81. The van der Waals surface area contributed by atoms with Crippen LogP contribution in [0, 0.1) is 0 Å². The molecular weight excluding hydrogens is 222 g/mol. The van der Waals surface area contributed by atoms with E-state index in [1.807, 2.05) is 6.92 Å². The third kappa shape index (κ3) is 9.16. The van der Waals surface area contributed by atoms with Gasteiger partial charge in [-0.25, -0.2) is 8.42 Å². The molecule has 0 aliphatic carbocycles. The summed E-state index contributed by atoms with van der Waals surface area (Å²) in [5.74, 6) is 0.706. The first kappa shape index (κ1) is 15.9. The van der Waals surface area contributed by atoms with Gasteiger partial charge in [-0.3, -0.25) is 0 Å². The zero-order valence-corrected chi connectivity index (χ0v) is 11.8. The van der Waals surface area contributed by atoms with E-state index in [-0.39, 0.29) is 0 Å². The van der Waals surface area contributed by atoms with Gasteiger partial charge in [-0.1, -0.05) is 20.3 Å². The standard InChI is InChI=1S/C12H27NO2S/c1-4-9-13-12(3)8-6-7-11-16(14,15)10-5-2/h12-13H,4-11H2,1-3H3. The Morgan fingerprint density at radius 3 is 2.31 bits per heavy atom. The maximum atomic E-state index is 11.4. The fraction of sp³-hybridized carbons (Fsp3) is 1.00. The van der Waals surface area contributed by atoms with Gasteiger partial charge in [-0.15, -0.1) is 0 Å². The molecule has 16 heavy (non-hydrogen) atoms. The average Bonchev–Trinajstić information content (AvgIpc) is 2.21. The Kier molecular flexibility index (Phi) is 8.94. The highest BCUT2D eigenvalue weighted by Crippen LogP contribution is 2.04. The van der Waals surface area contributed by atoms with E-state index in [0.717, 1.165) is 38.6 Å². The van der Waals surface area contributed by atoms with Gasteiger partial charge in [-0.05, 0) is 39.2 Å². The summed E-state index contributed by atoms with van der Waals surface area (Å²) in [5, 5.41) is 3.41. The van der Waals surface area contributed by atoms with Crippen LogP contribution in [-0.2, 0) is 9.84 Å². The van der Waals surface area contributed by atoms with Crippen LogP contribution in [-0.4, -0.2) is 32.5 Å². The minimum absolute atomic E-state index is 0.344. The van der Waals surface area contributed by atoms with Crippen LogP contribution in [0.1, 0.15) is 52.9 Å². The van der Waals surface area contributed by atoms with Crippen LogP contribution in [0.3, 0.4) is 0 Å². The average molecular weight is 249 g/mol. The van der Waals surface area contributed by atoms with Crippen molar-refractivity contribution in [3.63, 3.8) is 0 Å². The lowest BCUT2D eigenvalue weighted by Gasteiger charge is -2.12. The number of nitrogens with one attached hydrogen (secondary N) is 1. The largest absolute Gasteiger partial charge is 0.314 e. The van der Waals surface area contributed by atoms with Gasteiger partial charge in [0.15, 0.2) is 0 Å². The van der Waals surface area contributed by atoms with Crippen molar-refractivity contribution in [2.75, 3.05) is 18.1 Å². The molecule has 1 atom stereocenters. The molecule has 0 fully saturated rings. The Hall–Kier alpha value is -0.0900. The lowest BCUT2D eigenvalue weighted by atomic mass is 10.1. The zero-order valence-electron chi connectivity index (χ0n) is 11.0. The summed E-state index contributed by atoms with van der Waals surface area (Å²) < 4.78 is 22.9. The van der Waals surface area contributed by atoms with Crippen molar-refractivity contribution >= 4 is 9.84 Å². The van der Waals surface area contributed by atoms with Crippen LogP contribution in [0.5, 0.6) is 0 Å². The van der Waals surface area contributed by atoms with Crippen molar-refractivity contribution in [1.82, 2.24) is 5.32 Å². The Balaban J connectivity index is 3.52. The molecule has 0 aliphatic heterocycles. The molecule has 0 saturated carbocycles. The van der Waals surface area contributed by atoms with Gasteiger partial charge in [0, 0.05) is 11.8 Å². The summed E-state index contributed by atoms with van der Waals surface area (Å²) in [5.41, 5.74) is 0. The summed E-state index contributed by atoms with van der Waals surface area (Å²) >= 11 is 0. The van der Waals surface area contributed by atoms with E-state index in [4.69, 9.17) is 0 Å². The Bertz CT molecular complexity index is 250. The molecule has 1 N–H and O–H groups in total. The van der Waals surface area contributed by atoms with Crippen LogP contribution in [0.15, 0.2) is 0 Å². The second kappa shape index (κ2) is 8.99. The van der Waals surface area contributed by atoms with Gasteiger partial charge in [0.25, 0.3) is 0 Å². The van der Waals surface area contributed by atoms with Crippen molar-refractivity contribution in [1.29, 1.82) is 0 Å². The van der Waals surface area contributed by atoms with Crippen molar-refractivity contribution in [2.24, 2.45) is 0 Å². The molecule has 4 heteroatoms. The van der Waals surface area contributed by atoms with E-state index in [1.54, 1.807) is 0 Å². The van der Waals surface area contributed by atoms with Gasteiger partial charge in [0.2, 0.25) is 0 Å². The molecule has 0 bridgehead atoms. The van der Waals surface area contributed by atoms with E-state index in [2.05, 4.69) is 19.2 Å². The molecule has 0 radical (unpaired) electrons. The first-order chi connectivity index (χ1) is 7.52. The van der Waals surface area contributed by atoms with Crippen molar-refractivity contribution < 1.29 is 8.42 Å². The van der Waals surface area contributed by atoms with E-state index in [0.29, 0.717) is 17.5 Å². The summed E-state index contributed by atoms with van der Waals surface area (Å²) in [4.78, 5) is 0. The van der Waals surface area contributed by atoms with Gasteiger partial charge in [-0.2, -0.15) is 0 Å². The van der Waals surface area contributed by atoms with Crippen molar-refractivity contribution in [3.8, 4) is 0 Å². The molecular formula is C12H27NO2S. The molecule has 3 nitrogen and oxygen atoms in total. The Labute approximate surface area is 101 Å². The van der Waals surface area contributed by atoms with Crippen LogP contribution in [0.4, 0.5) is 0 Å². The highest BCUT2D eigenvalue weighted by molar-refractivity contribution is 7.91. The zero-order chi connectivity index (χ0) is 12.4. The summed E-state index contributed by atoms with van der Waals surface area (Å²) in [6, 6.07) is 0.508. The molecule has 0 spiro atoms. The van der Waals surface area contributed by atoms with Gasteiger partial charge >= 0.3 is 0 Å². The van der Waals surface area contributed by atoms with Crippen LogP contribution < -0.4 is 5.32 Å². The van der Waals surface area contributed by atoms with Crippen LogP contribution in [0.2, 0.25) is 0 Å². The lowest BCUT2D eigenvalue weighted by molar-refractivity contribution is 0.494. The van der Waals surface area contributed by atoms with Crippen LogP contribution >= 0.6 is 0 Å². The summed E-state index contributed by atoms with van der Waals surface area (Å²) in [7, 11) is -2.77. The molecule has 0 aromatic heterocycles. The molecule has 0 aromatic carbocycles. The highest BCUT2D eigenvalue weighted by Gasteiger charge is 2.09. The van der Waals surface area contributed by atoms with Crippen molar-refractivity contribution in [3.05, 3.63) is 0 Å².